The summed E-state index contributed by atoms with van der Waals surface area (Å²) in [6.45, 7) is 8.47. The summed E-state index contributed by atoms with van der Waals surface area (Å²) in [6, 6.07) is 7.33. The van der Waals surface area contributed by atoms with Crippen molar-refractivity contribution in [2.75, 3.05) is 12.4 Å². The zero-order valence-electron chi connectivity index (χ0n) is 12.2. The molecule has 1 aliphatic rings. The van der Waals surface area contributed by atoms with Crippen molar-refractivity contribution in [3.63, 3.8) is 0 Å². The quantitative estimate of drug-likeness (QED) is 0.801. The lowest BCUT2D eigenvalue weighted by Gasteiger charge is -2.13. The first kappa shape index (κ1) is 14.9. The Morgan fingerprint density at radius 1 is 1.42 bits per heavy atom. The molecule has 1 aromatic carbocycles. The van der Waals surface area contributed by atoms with Crippen LogP contribution in [0.1, 0.15) is 37.8 Å². The van der Waals surface area contributed by atoms with Crippen LogP contribution in [-0.4, -0.2) is 24.5 Å². The molecule has 0 spiro atoms. The minimum atomic E-state index is 0.465. The molecule has 0 saturated carbocycles. The van der Waals surface area contributed by atoms with Gasteiger partial charge in [0.1, 0.15) is 0 Å². The molecule has 1 unspecified atom stereocenters. The third kappa shape index (κ3) is 4.83. The van der Waals surface area contributed by atoms with Gasteiger partial charge < -0.3 is 10.1 Å². The van der Waals surface area contributed by atoms with Gasteiger partial charge >= 0.3 is 0 Å². The van der Waals surface area contributed by atoms with Gasteiger partial charge in [-0.25, -0.2) is 0 Å². The number of rotatable bonds is 6. The van der Waals surface area contributed by atoms with Crippen LogP contribution in [0.15, 0.2) is 23.1 Å². The Morgan fingerprint density at radius 3 is 2.89 bits per heavy atom. The number of benzene rings is 1. The number of nitrogens with one attached hydrogen (secondary N) is 1. The van der Waals surface area contributed by atoms with E-state index in [4.69, 9.17) is 4.74 Å². The van der Waals surface area contributed by atoms with Crippen LogP contribution in [0, 0.1) is 6.92 Å². The zero-order chi connectivity index (χ0) is 13.7. The van der Waals surface area contributed by atoms with Gasteiger partial charge in [0.2, 0.25) is 0 Å². The summed E-state index contributed by atoms with van der Waals surface area (Å²) in [5, 5.41) is 3.46. The molecule has 1 N–H and O–H groups in total. The second-order valence-electron chi connectivity index (χ2n) is 5.58. The Hall–Kier alpha value is -0.510. The van der Waals surface area contributed by atoms with Crippen LogP contribution in [0.2, 0.25) is 0 Å². The maximum Gasteiger partial charge on any atom is 0.0669 e. The second kappa shape index (κ2) is 7.32. The minimum absolute atomic E-state index is 0.465. The predicted molar refractivity (Wildman–Crippen MR) is 82.9 cm³/mol. The van der Waals surface area contributed by atoms with Crippen molar-refractivity contribution in [3.8, 4) is 0 Å². The number of aryl methyl sites for hydroxylation is 1. The number of hydrogen-bond donors (Lipinski definition) is 1. The summed E-state index contributed by atoms with van der Waals surface area (Å²) in [6.07, 6.45) is 2.92. The van der Waals surface area contributed by atoms with Crippen molar-refractivity contribution in [1.82, 2.24) is 5.32 Å². The molecule has 2 rings (SSSR count). The Bertz CT molecular complexity index is 400. The highest BCUT2D eigenvalue weighted by molar-refractivity contribution is 7.99. The smallest absolute Gasteiger partial charge is 0.0669 e. The molecule has 106 valence electrons. The summed E-state index contributed by atoms with van der Waals surface area (Å²) in [5.74, 6) is 1.09. The lowest BCUT2D eigenvalue weighted by Crippen LogP contribution is -2.21. The van der Waals surface area contributed by atoms with Crippen LogP contribution >= 0.6 is 11.8 Å². The first-order valence-electron chi connectivity index (χ1n) is 7.22. The van der Waals surface area contributed by atoms with Crippen LogP contribution in [0.5, 0.6) is 0 Å². The lowest BCUT2D eigenvalue weighted by molar-refractivity contribution is 0.129. The molecule has 0 aliphatic carbocycles. The van der Waals surface area contributed by atoms with Crippen molar-refractivity contribution < 1.29 is 4.74 Å². The second-order valence-corrected chi connectivity index (χ2v) is 6.64. The van der Waals surface area contributed by atoms with Gasteiger partial charge in [-0.2, -0.15) is 0 Å². The molecule has 1 heterocycles. The molecule has 1 fully saturated rings. The van der Waals surface area contributed by atoms with Crippen LogP contribution in [-0.2, 0) is 11.3 Å². The molecule has 1 atom stereocenters. The Kier molecular flexibility index (Phi) is 5.74. The normalized spacial score (nSPS) is 19.3. The summed E-state index contributed by atoms with van der Waals surface area (Å²) >= 11 is 1.93. The van der Waals surface area contributed by atoms with Gasteiger partial charge in [-0.15, -0.1) is 11.8 Å². The molecule has 1 aromatic rings. The average molecular weight is 279 g/mol. The number of hydrogen-bond acceptors (Lipinski definition) is 3. The fraction of sp³-hybridized carbons (Fsp3) is 0.625. The van der Waals surface area contributed by atoms with E-state index >= 15 is 0 Å². The van der Waals surface area contributed by atoms with Gasteiger partial charge in [-0.05, 0) is 37.0 Å². The largest absolute Gasteiger partial charge is 0.377 e. The highest BCUT2D eigenvalue weighted by atomic mass is 32.2. The highest BCUT2D eigenvalue weighted by Crippen LogP contribution is 2.27. The number of ether oxygens (including phenoxy) is 1. The zero-order valence-corrected chi connectivity index (χ0v) is 13.1. The first-order valence-corrected chi connectivity index (χ1v) is 8.21. The van der Waals surface area contributed by atoms with Crippen LogP contribution in [0.4, 0.5) is 0 Å². The van der Waals surface area contributed by atoms with Gasteiger partial charge in [0.15, 0.2) is 0 Å². The summed E-state index contributed by atoms with van der Waals surface area (Å²) in [5.41, 5.74) is 2.75. The Labute approximate surface area is 121 Å². The maximum absolute atomic E-state index is 5.67. The summed E-state index contributed by atoms with van der Waals surface area (Å²) < 4.78 is 5.67. The van der Waals surface area contributed by atoms with E-state index in [2.05, 4.69) is 44.3 Å². The van der Waals surface area contributed by atoms with Crippen molar-refractivity contribution in [2.45, 2.75) is 57.2 Å². The third-order valence-electron chi connectivity index (χ3n) is 3.40. The van der Waals surface area contributed by atoms with Crippen LogP contribution in [0.25, 0.3) is 0 Å². The van der Waals surface area contributed by atoms with E-state index in [-0.39, 0.29) is 0 Å². The Morgan fingerprint density at radius 2 is 2.26 bits per heavy atom. The summed E-state index contributed by atoms with van der Waals surface area (Å²) in [7, 11) is 0. The molecule has 0 amide bonds. The van der Waals surface area contributed by atoms with Crippen LogP contribution < -0.4 is 5.32 Å². The molecule has 2 nitrogen and oxygen atoms in total. The van der Waals surface area contributed by atoms with Gasteiger partial charge in [-0.1, -0.05) is 26.0 Å². The fourth-order valence-corrected chi connectivity index (χ4v) is 3.34. The third-order valence-corrected chi connectivity index (χ3v) is 4.71. The van der Waals surface area contributed by atoms with Gasteiger partial charge in [0, 0.05) is 29.8 Å². The van der Waals surface area contributed by atoms with Gasteiger partial charge in [0.25, 0.3) is 0 Å². The minimum Gasteiger partial charge on any atom is -0.377 e. The SMILES string of the molecule is Cc1cc(CNC(C)C)ccc1SCC1CCCO1. The molecule has 0 bridgehead atoms. The molecule has 19 heavy (non-hydrogen) atoms. The lowest BCUT2D eigenvalue weighted by atomic mass is 10.1. The predicted octanol–water partition coefficient (Wildman–Crippen LogP) is 3.76. The maximum atomic E-state index is 5.67. The molecular formula is C16H25NOS. The molecule has 1 aliphatic heterocycles. The van der Waals surface area contributed by atoms with Crippen molar-refractivity contribution in [1.29, 1.82) is 0 Å². The van der Waals surface area contributed by atoms with Gasteiger partial charge in [-0.3, -0.25) is 0 Å². The van der Waals surface area contributed by atoms with Crippen LogP contribution in [0.3, 0.4) is 0 Å². The molecule has 1 saturated heterocycles. The topological polar surface area (TPSA) is 21.3 Å². The highest BCUT2D eigenvalue weighted by Gasteiger charge is 2.15. The monoisotopic (exact) mass is 279 g/mol. The molecule has 0 aromatic heterocycles. The van der Waals surface area contributed by atoms with Gasteiger partial charge in [0.05, 0.1) is 6.10 Å². The van der Waals surface area contributed by atoms with E-state index in [1.165, 1.54) is 28.9 Å². The average Bonchev–Trinajstić information content (AvgIpc) is 2.88. The number of thioether (sulfide) groups is 1. The van der Waals surface area contributed by atoms with E-state index in [1.54, 1.807) is 0 Å². The Balaban J connectivity index is 1.87. The van der Waals surface area contributed by atoms with E-state index in [9.17, 15) is 0 Å². The molecular weight excluding hydrogens is 254 g/mol. The molecule has 0 radical (unpaired) electrons. The van der Waals surface area contributed by atoms with Crippen molar-refractivity contribution >= 4 is 11.8 Å². The van der Waals surface area contributed by atoms with E-state index in [1.807, 2.05) is 11.8 Å². The van der Waals surface area contributed by atoms with E-state index < -0.39 is 0 Å². The van der Waals surface area contributed by atoms with Crippen molar-refractivity contribution in [2.24, 2.45) is 0 Å². The standard InChI is InChI=1S/C16H25NOS/c1-12(2)17-10-14-6-7-16(13(3)9-14)19-11-15-5-4-8-18-15/h6-7,9,12,15,17H,4-5,8,10-11H2,1-3H3. The summed E-state index contributed by atoms with van der Waals surface area (Å²) in [4.78, 5) is 1.39. The molecule has 3 heteroatoms. The first-order chi connectivity index (χ1) is 9.15. The van der Waals surface area contributed by atoms with Crippen molar-refractivity contribution in [3.05, 3.63) is 29.3 Å². The fourth-order valence-electron chi connectivity index (χ4n) is 2.26. The van der Waals surface area contributed by atoms with E-state index in [0.29, 0.717) is 12.1 Å². The van der Waals surface area contributed by atoms with E-state index in [0.717, 1.165) is 18.9 Å².